The van der Waals surface area contributed by atoms with Crippen LogP contribution in [0.2, 0.25) is 0 Å². The van der Waals surface area contributed by atoms with E-state index in [0.717, 1.165) is 11.4 Å². The zero-order valence-corrected chi connectivity index (χ0v) is 9.92. The minimum atomic E-state index is 0.454. The first-order chi connectivity index (χ1) is 7.33. The number of nitrogens with zero attached hydrogens (tertiary/aromatic N) is 2. The molecule has 0 radical (unpaired) electrons. The maximum absolute atomic E-state index is 5.71. The Balaban J connectivity index is 2.35. The fourth-order valence-corrected chi connectivity index (χ4v) is 1.94. The number of halogens is 1. The van der Waals surface area contributed by atoms with Gasteiger partial charge in [-0.3, -0.25) is 0 Å². The molecule has 78 valence electrons. The zero-order chi connectivity index (χ0) is 10.7. The summed E-state index contributed by atoms with van der Waals surface area (Å²) in [4.78, 5) is 5.43. The normalized spacial score (nSPS) is 10.5. The van der Waals surface area contributed by atoms with Crippen molar-refractivity contribution in [1.82, 2.24) is 9.55 Å². The number of thioether (sulfide) groups is 1. The Morgan fingerprint density at radius 1 is 1.47 bits per heavy atom. The molecule has 0 saturated carbocycles. The van der Waals surface area contributed by atoms with Crippen molar-refractivity contribution in [2.75, 3.05) is 6.26 Å². The van der Waals surface area contributed by atoms with E-state index in [1.54, 1.807) is 18.1 Å². The van der Waals surface area contributed by atoms with Crippen LogP contribution in [0.3, 0.4) is 0 Å². The molecule has 0 amide bonds. The second-order valence-electron chi connectivity index (χ2n) is 3.11. The monoisotopic (exact) mass is 238 g/mol. The number of imidazole rings is 1. The van der Waals surface area contributed by atoms with E-state index in [9.17, 15) is 0 Å². The number of alkyl halides is 1. The van der Waals surface area contributed by atoms with Gasteiger partial charge in [0.2, 0.25) is 0 Å². The second kappa shape index (κ2) is 4.73. The largest absolute Gasteiger partial charge is 0.306 e. The number of hydrogen-bond donors (Lipinski definition) is 0. The number of aromatic nitrogens is 2. The summed E-state index contributed by atoms with van der Waals surface area (Å²) in [6.45, 7) is 0. The lowest BCUT2D eigenvalue weighted by atomic mass is 10.3. The van der Waals surface area contributed by atoms with Crippen LogP contribution in [0.5, 0.6) is 0 Å². The van der Waals surface area contributed by atoms with Gasteiger partial charge in [-0.2, -0.15) is 0 Å². The molecule has 0 aliphatic heterocycles. The van der Waals surface area contributed by atoms with Crippen molar-refractivity contribution < 1.29 is 0 Å². The van der Waals surface area contributed by atoms with E-state index in [1.807, 2.05) is 16.8 Å². The van der Waals surface area contributed by atoms with E-state index in [4.69, 9.17) is 11.6 Å². The molecular weight excluding hydrogens is 228 g/mol. The van der Waals surface area contributed by atoms with Gasteiger partial charge in [-0.05, 0) is 24.5 Å². The van der Waals surface area contributed by atoms with E-state index in [2.05, 4.69) is 29.4 Å². The summed E-state index contributed by atoms with van der Waals surface area (Å²) < 4.78 is 1.98. The van der Waals surface area contributed by atoms with E-state index >= 15 is 0 Å². The average molecular weight is 239 g/mol. The zero-order valence-electron chi connectivity index (χ0n) is 8.35. The lowest BCUT2D eigenvalue weighted by molar-refractivity contribution is 1.05. The van der Waals surface area contributed by atoms with Gasteiger partial charge in [-0.25, -0.2) is 4.98 Å². The van der Waals surface area contributed by atoms with Gasteiger partial charge < -0.3 is 4.57 Å². The molecule has 0 fully saturated rings. The van der Waals surface area contributed by atoms with Crippen LogP contribution in [0.15, 0.2) is 41.7 Å². The number of hydrogen-bond acceptors (Lipinski definition) is 2. The van der Waals surface area contributed by atoms with Gasteiger partial charge in [0.05, 0.1) is 17.9 Å². The summed E-state index contributed by atoms with van der Waals surface area (Å²) in [5, 5.41) is 0. The number of rotatable bonds is 3. The predicted molar refractivity (Wildman–Crippen MR) is 64.9 cm³/mol. The predicted octanol–water partition coefficient (Wildman–Crippen LogP) is 3.33. The van der Waals surface area contributed by atoms with E-state index in [1.165, 1.54) is 4.90 Å². The first kappa shape index (κ1) is 10.6. The maximum Gasteiger partial charge on any atom is 0.0995 e. The van der Waals surface area contributed by atoms with Gasteiger partial charge in [0.15, 0.2) is 0 Å². The quantitative estimate of drug-likeness (QED) is 0.603. The van der Waals surface area contributed by atoms with Gasteiger partial charge in [0.25, 0.3) is 0 Å². The van der Waals surface area contributed by atoms with Crippen LogP contribution in [0.4, 0.5) is 0 Å². The molecule has 1 heterocycles. The van der Waals surface area contributed by atoms with Crippen LogP contribution in [0.1, 0.15) is 5.69 Å². The van der Waals surface area contributed by atoms with Gasteiger partial charge in [-0.1, -0.05) is 6.07 Å². The smallest absolute Gasteiger partial charge is 0.0995 e. The Morgan fingerprint density at radius 2 is 2.33 bits per heavy atom. The van der Waals surface area contributed by atoms with E-state index in [0.29, 0.717) is 5.88 Å². The summed E-state index contributed by atoms with van der Waals surface area (Å²) in [7, 11) is 0. The lowest BCUT2D eigenvalue weighted by Crippen LogP contribution is -1.89. The Bertz CT molecular complexity index is 453. The van der Waals surface area contributed by atoms with Crippen LogP contribution >= 0.6 is 23.4 Å². The highest BCUT2D eigenvalue weighted by Crippen LogP contribution is 2.18. The molecular formula is C11H11ClN2S. The van der Waals surface area contributed by atoms with Crippen molar-refractivity contribution in [3.05, 3.63) is 42.5 Å². The molecule has 2 rings (SSSR count). The summed E-state index contributed by atoms with van der Waals surface area (Å²) >= 11 is 7.44. The Morgan fingerprint density at radius 3 is 3.00 bits per heavy atom. The van der Waals surface area contributed by atoms with Crippen molar-refractivity contribution in [3.63, 3.8) is 0 Å². The molecule has 1 aromatic heterocycles. The first-order valence-corrected chi connectivity index (χ1v) is 6.32. The van der Waals surface area contributed by atoms with Crippen LogP contribution < -0.4 is 0 Å². The molecule has 0 saturated heterocycles. The van der Waals surface area contributed by atoms with Gasteiger partial charge >= 0.3 is 0 Å². The first-order valence-electron chi connectivity index (χ1n) is 4.57. The molecule has 0 spiro atoms. The van der Waals surface area contributed by atoms with Crippen molar-refractivity contribution >= 4 is 23.4 Å². The van der Waals surface area contributed by atoms with Gasteiger partial charge in [0.1, 0.15) is 0 Å². The van der Waals surface area contributed by atoms with E-state index in [-0.39, 0.29) is 0 Å². The fraction of sp³-hybridized carbons (Fsp3) is 0.182. The molecule has 0 atom stereocenters. The summed E-state index contributed by atoms with van der Waals surface area (Å²) in [5.41, 5.74) is 2.01. The molecule has 1 aromatic carbocycles. The maximum atomic E-state index is 5.71. The minimum Gasteiger partial charge on any atom is -0.306 e. The van der Waals surface area contributed by atoms with Crippen LogP contribution in [0.25, 0.3) is 5.69 Å². The average Bonchev–Trinajstić information content (AvgIpc) is 2.78. The summed E-state index contributed by atoms with van der Waals surface area (Å²) in [6, 6.07) is 8.32. The van der Waals surface area contributed by atoms with Crippen molar-refractivity contribution in [1.29, 1.82) is 0 Å². The van der Waals surface area contributed by atoms with Crippen LogP contribution in [0, 0.1) is 0 Å². The molecule has 2 nitrogen and oxygen atoms in total. The third kappa shape index (κ3) is 2.36. The minimum absolute atomic E-state index is 0.454. The van der Waals surface area contributed by atoms with Gasteiger partial charge in [0, 0.05) is 16.8 Å². The van der Waals surface area contributed by atoms with Crippen LogP contribution in [-0.4, -0.2) is 15.8 Å². The molecule has 0 aliphatic rings. The molecule has 15 heavy (non-hydrogen) atoms. The Hall–Kier alpha value is -0.930. The molecule has 0 N–H and O–H groups in total. The highest BCUT2D eigenvalue weighted by molar-refractivity contribution is 7.98. The summed E-state index contributed by atoms with van der Waals surface area (Å²) in [5.74, 6) is 0.454. The highest BCUT2D eigenvalue weighted by Gasteiger charge is 2.00. The third-order valence-corrected chi connectivity index (χ3v) is 3.12. The molecule has 4 heteroatoms. The highest BCUT2D eigenvalue weighted by atomic mass is 35.5. The number of benzene rings is 1. The van der Waals surface area contributed by atoms with Crippen molar-refractivity contribution in [3.8, 4) is 5.69 Å². The fourth-order valence-electron chi connectivity index (χ4n) is 1.34. The van der Waals surface area contributed by atoms with E-state index < -0.39 is 0 Å². The standard InChI is InChI=1S/C11H11ClN2S/c1-15-11-4-2-3-10(5-11)14-7-9(6-12)13-8-14/h2-5,7-8H,6H2,1H3. The molecule has 0 aliphatic carbocycles. The SMILES string of the molecule is CSc1cccc(-n2cnc(CCl)c2)c1. The third-order valence-electron chi connectivity index (χ3n) is 2.12. The Labute approximate surface area is 98.3 Å². The summed E-state index contributed by atoms with van der Waals surface area (Å²) in [6.07, 6.45) is 5.81. The lowest BCUT2D eigenvalue weighted by Gasteiger charge is -2.03. The Kier molecular flexibility index (Phi) is 3.34. The molecule has 0 unspecified atom stereocenters. The van der Waals surface area contributed by atoms with Crippen LogP contribution in [-0.2, 0) is 5.88 Å². The molecule has 2 aromatic rings. The topological polar surface area (TPSA) is 17.8 Å². The van der Waals surface area contributed by atoms with Crippen molar-refractivity contribution in [2.45, 2.75) is 10.8 Å². The second-order valence-corrected chi connectivity index (χ2v) is 4.25. The molecule has 0 bridgehead atoms. The van der Waals surface area contributed by atoms with Crippen molar-refractivity contribution in [2.24, 2.45) is 0 Å². The van der Waals surface area contributed by atoms with Gasteiger partial charge in [-0.15, -0.1) is 23.4 Å².